The number of benzene rings is 1. The maximum Gasteiger partial charge on any atom is 0.251 e. The van der Waals surface area contributed by atoms with Crippen molar-refractivity contribution in [2.45, 2.75) is 38.1 Å². The summed E-state index contributed by atoms with van der Waals surface area (Å²) < 4.78 is 0. The van der Waals surface area contributed by atoms with Gasteiger partial charge in [-0.2, -0.15) is 0 Å². The summed E-state index contributed by atoms with van der Waals surface area (Å²) in [6.07, 6.45) is 5.96. The first-order valence-corrected chi connectivity index (χ1v) is 7.04. The Bertz CT molecular complexity index is 417. The Hall–Kier alpha value is -1.71. The lowest BCUT2D eigenvalue weighted by Gasteiger charge is -2.23. The number of hydrogen-bond donors (Lipinski definition) is 3. The van der Waals surface area contributed by atoms with Crippen molar-refractivity contribution < 1.29 is 4.79 Å². The zero-order valence-corrected chi connectivity index (χ0v) is 11.8. The molecule has 0 aromatic heterocycles. The molecule has 0 bridgehead atoms. The van der Waals surface area contributed by atoms with Crippen LogP contribution in [0.2, 0.25) is 0 Å². The third-order valence-electron chi connectivity index (χ3n) is 3.71. The van der Waals surface area contributed by atoms with Crippen molar-refractivity contribution in [1.82, 2.24) is 5.32 Å². The third kappa shape index (κ3) is 3.63. The molecule has 1 saturated carbocycles. The van der Waals surface area contributed by atoms with Gasteiger partial charge in [0, 0.05) is 37.1 Å². The van der Waals surface area contributed by atoms with E-state index in [1.165, 1.54) is 19.3 Å². The third-order valence-corrected chi connectivity index (χ3v) is 3.71. The van der Waals surface area contributed by atoms with Gasteiger partial charge in [0.05, 0.1) is 0 Å². The second-order valence-electron chi connectivity index (χ2n) is 5.11. The molecule has 4 nitrogen and oxygen atoms in total. The molecule has 0 radical (unpaired) electrons. The molecular formula is C15H23N3O. The van der Waals surface area contributed by atoms with E-state index in [1.807, 2.05) is 32.3 Å². The predicted octanol–water partition coefficient (Wildman–Crippen LogP) is 2.83. The van der Waals surface area contributed by atoms with Crippen LogP contribution in [0.15, 0.2) is 18.2 Å². The lowest BCUT2D eigenvalue weighted by atomic mass is 9.95. The number of carbonyl (C=O) groups is 1. The summed E-state index contributed by atoms with van der Waals surface area (Å²) in [6, 6.07) is 6.10. The van der Waals surface area contributed by atoms with Gasteiger partial charge in [-0.3, -0.25) is 4.79 Å². The van der Waals surface area contributed by atoms with Gasteiger partial charge in [0.25, 0.3) is 5.91 Å². The average Bonchev–Trinajstić information content (AvgIpc) is 2.47. The Morgan fingerprint density at radius 2 is 1.58 bits per heavy atom. The maximum atomic E-state index is 12.3. The van der Waals surface area contributed by atoms with Gasteiger partial charge in [0.15, 0.2) is 0 Å². The van der Waals surface area contributed by atoms with E-state index in [1.54, 1.807) is 0 Å². The molecule has 0 aliphatic heterocycles. The lowest BCUT2D eigenvalue weighted by molar-refractivity contribution is 0.0928. The second-order valence-corrected chi connectivity index (χ2v) is 5.11. The number of amides is 1. The summed E-state index contributed by atoms with van der Waals surface area (Å²) in [4.78, 5) is 12.3. The van der Waals surface area contributed by atoms with E-state index >= 15 is 0 Å². The van der Waals surface area contributed by atoms with Gasteiger partial charge in [-0.25, -0.2) is 0 Å². The van der Waals surface area contributed by atoms with Crippen molar-refractivity contribution in [3.8, 4) is 0 Å². The summed E-state index contributed by atoms with van der Waals surface area (Å²) in [7, 11) is 3.72. The van der Waals surface area contributed by atoms with Gasteiger partial charge in [-0.1, -0.05) is 19.3 Å². The van der Waals surface area contributed by atoms with Gasteiger partial charge < -0.3 is 16.0 Å². The van der Waals surface area contributed by atoms with E-state index in [9.17, 15) is 4.79 Å². The van der Waals surface area contributed by atoms with Crippen molar-refractivity contribution in [1.29, 1.82) is 0 Å². The summed E-state index contributed by atoms with van der Waals surface area (Å²) >= 11 is 0. The summed E-state index contributed by atoms with van der Waals surface area (Å²) in [5.74, 6) is 0.0282. The van der Waals surface area contributed by atoms with Gasteiger partial charge >= 0.3 is 0 Å². The molecule has 0 spiro atoms. The van der Waals surface area contributed by atoms with E-state index in [2.05, 4.69) is 16.0 Å². The summed E-state index contributed by atoms with van der Waals surface area (Å²) in [5.41, 5.74) is 2.60. The Morgan fingerprint density at radius 1 is 1.00 bits per heavy atom. The van der Waals surface area contributed by atoms with Crippen molar-refractivity contribution >= 4 is 17.3 Å². The van der Waals surface area contributed by atoms with Crippen LogP contribution in [-0.4, -0.2) is 26.0 Å². The number of anilines is 2. The van der Waals surface area contributed by atoms with Crippen molar-refractivity contribution in [3.63, 3.8) is 0 Å². The number of nitrogens with one attached hydrogen (secondary N) is 3. The molecule has 3 N–H and O–H groups in total. The molecule has 19 heavy (non-hydrogen) atoms. The summed E-state index contributed by atoms with van der Waals surface area (Å²) in [6.45, 7) is 0. The van der Waals surface area contributed by atoms with E-state index in [0.717, 1.165) is 24.2 Å². The zero-order chi connectivity index (χ0) is 13.7. The van der Waals surface area contributed by atoms with Crippen LogP contribution in [-0.2, 0) is 0 Å². The van der Waals surface area contributed by atoms with E-state index in [4.69, 9.17) is 0 Å². The van der Waals surface area contributed by atoms with Crippen LogP contribution in [0.1, 0.15) is 42.5 Å². The Morgan fingerprint density at radius 3 is 2.11 bits per heavy atom. The molecular weight excluding hydrogens is 238 g/mol. The molecule has 1 aliphatic carbocycles. The lowest BCUT2D eigenvalue weighted by Crippen LogP contribution is -2.36. The largest absolute Gasteiger partial charge is 0.388 e. The molecule has 1 aromatic carbocycles. The smallest absolute Gasteiger partial charge is 0.251 e. The highest BCUT2D eigenvalue weighted by molar-refractivity contribution is 5.96. The fourth-order valence-electron chi connectivity index (χ4n) is 2.56. The molecule has 4 heteroatoms. The highest BCUT2D eigenvalue weighted by atomic mass is 16.1. The molecule has 0 atom stereocenters. The minimum Gasteiger partial charge on any atom is -0.388 e. The number of rotatable bonds is 4. The van der Waals surface area contributed by atoms with Crippen LogP contribution in [0.4, 0.5) is 11.4 Å². The highest BCUT2D eigenvalue weighted by Gasteiger charge is 2.17. The normalized spacial score (nSPS) is 15.9. The molecule has 2 rings (SSSR count). The zero-order valence-electron chi connectivity index (χ0n) is 11.8. The summed E-state index contributed by atoms with van der Waals surface area (Å²) in [5, 5.41) is 9.30. The van der Waals surface area contributed by atoms with Crippen LogP contribution in [0, 0.1) is 0 Å². The first kappa shape index (κ1) is 13.7. The molecule has 1 aromatic rings. The van der Waals surface area contributed by atoms with Crippen LogP contribution in [0.5, 0.6) is 0 Å². The Balaban J connectivity index is 2.08. The molecule has 1 aliphatic rings. The van der Waals surface area contributed by atoms with Gasteiger partial charge in [-0.15, -0.1) is 0 Å². The molecule has 104 valence electrons. The Labute approximate surface area is 115 Å². The SMILES string of the molecule is CNc1cc(NC)cc(C(=O)NC2CCCCC2)c1. The fourth-order valence-corrected chi connectivity index (χ4v) is 2.56. The topological polar surface area (TPSA) is 53.2 Å². The Kier molecular flexibility index (Phi) is 4.66. The minimum atomic E-state index is 0.0282. The maximum absolute atomic E-state index is 12.3. The minimum absolute atomic E-state index is 0.0282. The van der Waals surface area contributed by atoms with E-state index < -0.39 is 0 Å². The first-order chi connectivity index (χ1) is 9.22. The predicted molar refractivity (Wildman–Crippen MR) is 79.9 cm³/mol. The average molecular weight is 261 g/mol. The second kappa shape index (κ2) is 6.45. The van der Waals surface area contributed by atoms with Crippen LogP contribution < -0.4 is 16.0 Å². The molecule has 0 heterocycles. The standard InChI is InChI=1S/C15H23N3O/c1-16-13-8-11(9-14(10-13)17-2)15(19)18-12-6-4-3-5-7-12/h8-10,12,16-17H,3-7H2,1-2H3,(H,18,19). The quantitative estimate of drug-likeness (QED) is 0.781. The fraction of sp³-hybridized carbons (Fsp3) is 0.533. The highest BCUT2D eigenvalue weighted by Crippen LogP contribution is 2.20. The van der Waals surface area contributed by atoms with Crippen LogP contribution in [0.3, 0.4) is 0 Å². The molecule has 0 saturated heterocycles. The van der Waals surface area contributed by atoms with Crippen molar-refractivity contribution in [3.05, 3.63) is 23.8 Å². The van der Waals surface area contributed by atoms with Crippen molar-refractivity contribution in [2.24, 2.45) is 0 Å². The number of carbonyl (C=O) groups excluding carboxylic acids is 1. The number of hydrogen-bond acceptors (Lipinski definition) is 3. The van der Waals surface area contributed by atoms with Crippen LogP contribution >= 0.6 is 0 Å². The molecule has 1 amide bonds. The van der Waals surface area contributed by atoms with Gasteiger partial charge in [0.1, 0.15) is 0 Å². The van der Waals surface area contributed by atoms with Crippen LogP contribution in [0.25, 0.3) is 0 Å². The van der Waals surface area contributed by atoms with Crippen molar-refractivity contribution in [2.75, 3.05) is 24.7 Å². The molecule has 1 fully saturated rings. The van der Waals surface area contributed by atoms with Gasteiger partial charge in [-0.05, 0) is 31.0 Å². The van der Waals surface area contributed by atoms with Gasteiger partial charge in [0.2, 0.25) is 0 Å². The van der Waals surface area contributed by atoms with E-state index in [0.29, 0.717) is 11.6 Å². The monoisotopic (exact) mass is 261 g/mol. The first-order valence-electron chi connectivity index (χ1n) is 7.04. The molecule has 0 unspecified atom stereocenters. The van der Waals surface area contributed by atoms with E-state index in [-0.39, 0.29) is 5.91 Å².